The summed E-state index contributed by atoms with van der Waals surface area (Å²) in [6.45, 7) is 1.99. The number of benzene rings is 7. The highest BCUT2D eigenvalue weighted by atomic mass is 35.5. The van der Waals surface area contributed by atoms with Crippen LogP contribution in [0.3, 0.4) is 0 Å². The standard InChI is InChI=1S/C89H96Cl2N8O34/c1-4-34(2)9-7-5-6-8-10-61(108)94-68-75(114)72(111)59(32-101)130-88(68)133-79-56-26-41-27-57(79)127-53-18-14-39(24-48(53)91)78(132-87-67(92-35(3)103)74(113)71(110)58(31-100)129-87)69-84(121)98-66(86(123)124)46-29-43(105)30-55(128-89-77(116)76(115)73(112)60(33-102)131-89)62(46)45-23-37(12-15-50(45)106)63(81(118)99-69)96-83(120)65(41)97-82(119)64-40-21-42(104)28-44(22-40)125-54-25-38(13-16-51(54)107)70(109)85(122)93-49(80(117)95-64)20-36-11-17-52(126-56)47(90)19-36/h11-19,21-30,34,49,58-60,63-69,71-78,87-89,100-102,104-107,110-116H,4-10,20,31-33H2,1-3H3,(H,92,103)(H,93,122)(H,94,108)(H,95,117)(H,96,120)(H,97,119)(H,98,121)(H,99,118)(H,123,124)/t34?,49-,58-,59-,60-,63-,64+,65-,66+,67-,68-,69+,71-,72-,73-,74-,75-,76+,77+,78-,87+,88+,89+/m1/s1. The number of ketones is 1. The molecule has 23 atom stereocenters. The molecule has 3 saturated heterocycles. The van der Waals surface area contributed by atoms with Crippen LogP contribution in [0.4, 0.5) is 0 Å². The van der Waals surface area contributed by atoms with Crippen molar-refractivity contribution in [3.05, 3.63) is 164 Å². The number of carbonyl (C=O) groups excluding carboxylic acids is 9. The molecular weight excluding hydrogens is 1800 g/mol. The largest absolute Gasteiger partial charge is 0.508 e. The molecule has 0 aromatic heterocycles. The van der Waals surface area contributed by atoms with Gasteiger partial charge in [0.25, 0.3) is 5.91 Å². The smallest absolute Gasteiger partial charge is 0.330 e. The number of unbranched alkanes of at least 4 members (excludes halogenated alkanes) is 3. The minimum absolute atomic E-state index is 0.0926. The van der Waals surface area contributed by atoms with Crippen molar-refractivity contribution in [3.63, 3.8) is 0 Å². The Morgan fingerprint density at radius 3 is 1.71 bits per heavy atom. The van der Waals surface area contributed by atoms with Crippen molar-refractivity contribution in [2.24, 2.45) is 5.92 Å². The van der Waals surface area contributed by atoms with Crippen LogP contribution in [0.2, 0.25) is 10.0 Å². The molecule has 9 heterocycles. The minimum Gasteiger partial charge on any atom is -0.508 e. The van der Waals surface area contributed by atoms with Gasteiger partial charge in [0.2, 0.25) is 65.5 Å². The number of phenolic OH excluding ortho intramolecular Hbond substituents is 4. The number of aliphatic carboxylic acids is 1. The Labute approximate surface area is 764 Å². The van der Waals surface area contributed by atoms with E-state index in [9.17, 15) is 101 Å². The summed E-state index contributed by atoms with van der Waals surface area (Å²) in [7, 11) is 0. The number of hydrogen-bond acceptors (Lipinski definition) is 33. The van der Waals surface area contributed by atoms with Crippen molar-refractivity contribution in [1.29, 1.82) is 0 Å². The third kappa shape index (κ3) is 21.0. The topological polar surface area (TPSA) is 653 Å². The van der Waals surface area contributed by atoms with Crippen molar-refractivity contribution in [2.75, 3.05) is 19.8 Å². The minimum atomic E-state index is -2.60. The molecule has 9 aliphatic rings. The summed E-state index contributed by atoms with van der Waals surface area (Å²) in [6, 6.07) is 1.03. The first-order valence-corrected chi connectivity index (χ1v) is 43.0. The number of aliphatic hydroxyl groups is 10. The summed E-state index contributed by atoms with van der Waals surface area (Å²) in [4.78, 5) is 152. The van der Waals surface area contributed by atoms with Gasteiger partial charge in [-0.2, -0.15) is 0 Å². The van der Waals surface area contributed by atoms with E-state index in [2.05, 4.69) is 56.4 Å². The maximum Gasteiger partial charge on any atom is 0.330 e. The predicted molar refractivity (Wildman–Crippen MR) is 455 cm³/mol. The van der Waals surface area contributed by atoms with E-state index >= 15 is 24.0 Å². The fourth-order valence-corrected chi connectivity index (χ4v) is 17.0. The molecule has 3 fully saturated rings. The fourth-order valence-electron chi connectivity index (χ4n) is 16.5. The number of aliphatic hydroxyl groups excluding tert-OH is 10. The van der Waals surface area contributed by atoms with Crippen molar-refractivity contribution in [1.82, 2.24) is 42.5 Å². The highest BCUT2D eigenvalue weighted by Gasteiger charge is 2.52. The van der Waals surface area contributed by atoms with E-state index in [0.717, 1.165) is 130 Å². The fraction of sp³-hybridized carbons (Fsp3) is 0.416. The van der Waals surface area contributed by atoms with E-state index in [4.69, 9.17) is 65.8 Å². The van der Waals surface area contributed by atoms with Gasteiger partial charge in [0.15, 0.2) is 35.3 Å². The second-order valence-corrected chi connectivity index (χ2v) is 33.9. The zero-order chi connectivity index (χ0) is 95.6. The summed E-state index contributed by atoms with van der Waals surface area (Å²) < 4.78 is 57.3. The Bertz CT molecular complexity index is 5640. The van der Waals surface area contributed by atoms with Crippen LogP contribution in [-0.4, -0.2) is 260 Å². The molecule has 710 valence electrons. The molecule has 0 saturated carbocycles. The lowest BCUT2D eigenvalue weighted by molar-refractivity contribution is -0.284. The van der Waals surface area contributed by atoms with E-state index in [1.807, 2.05) is 0 Å². The molecule has 0 aliphatic carbocycles. The lowest BCUT2D eigenvalue weighted by atomic mass is 9.89. The summed E-state index contributed by atoms with van der Waals surface area (Å²) in [5, 5.41) is 190. The van der Waals surface area contributed by atoms with E-state index in [1.54, 1.807) is 0 Å². The van der Waals surface area contributed by atoms with Crippen molar-refractivity contribution in [2.45, 2.75) is 206 Å². The third-order valence-corrected chi connectivity index (χ3v) is 24.4. The van der Waals surface area contributed by atoms with Crippen molar-refractivity contribution < 1.29 is 167 Å². The lowest BCUT2D eigenvalue weighted by Gasteiger charge is -2.44. The van der Waals surface area contributed by atoms with E-state index in [0.29, 0.717) is 18.8 Å². The van der Waals surface area contributed by atoms with E-state index in [-0.39, 0.29) is 28.3 Å². The first-order chi connectivity index (χ1) is 63.4. The molecule has 44 heteroatoms. The van der Waals surface area contributed by atoms with Gasteiger partial charge in [0.1, 0.15) is 150 Å². The molecule has 7 aromatic rings. The van der Waals surface area contributed by atoms with Crippen LogP contribution in [-0.2, 0) is 68.5 Å². The molecule has 17 bridgehead atoms. The molecule has 1 unspecified atom stereocenters. The number of halogens is 2. The number of phenols is 4. The number of aromatic hydroxyl groups is 4. The summed E-state index contributed by atoms with van der Waals surface area (Å²) >= 11 is 14.7. The van der Waals surface area contributed by atoms with Gasteiger partial charge in [-0.3, -0.25) is 43.2 Å². The first-order valence-electron chi connectivity index (χ1n) is 42.3. The van der Waals surface area contributed by atoms with Gasteiger partial charge in [-0.25, -0.2) is 4.79 Å². The SMILES string of the molecule is CCC(C)CCCCCCC(=O)N[C@H]1[C@H](Oc2c3cc4cc2Oc2ccc(cc2Cl)[C@@H](O[C@@H]2O[C@H](CO)[C@@H](O)[C@H](O)[C@H]2NC(C)=O)[C@@H]2NC(=O)[C@H](NC(=O)[C@@H]4NC(=O)[C@H]4NC(=O)[C@@H](Cc5ccc(c(Cl)c5)O3)NC(=O)C(=O)c3ccc(O)c(c3)Oc3cc(O)cc4c3)c3ccc(O)c(c3)-c3c(O[C@H]4O[C@H](CO)[C@@H](O)[C@H](O)[C@@H]4O)cc(O)cc3[C@@H](C(=O)O)NC2=O)O[C@H](CO)[C@@H](O)[C@@H]1O. The van der Waals surface area contributed by atoms with Gasteiger partial charge in [0.05, 0.1) is 29.9 Å². The Balaban J connectivity index is 1.03. The number of carbonyl (C=O) groups is 10. The van der Waals surface area contributed by atoms with Gasteiger partial charge in [-0.1, -0.05) is 87.4 Å². The van der Waals surface area contributed by atoms with Crippen LogP contribution in [0.25, 0.3) is 11.1 Å². The number of nitrogens with one attached hydrogen (secondary N) is 8. The van der Waals surface area contributed by atoms with Gasteiger partial charge in [-0.15, -0.1) is 0 Å². The molecule has 0 spiro atoms. The van der Waals surface area contributed by atoms with Crippen LogP contribution >= 0.6 is 23.2 Å². The Morgan fingerprint density at radius 1 is 0.511 bits per heavy atom. The first kappa shape index (κ1) is 96.7. The van der Waals surface area contributed by atoms with Crippen LogP contribution < -0.4 is 66.2 Å². The lowest BCUT2D eigenvalue weighted by Crippen LogP contribution is -2.65. The number of amides is 8. The van der Waals surface area contributed by atoms with Crippen LogP contribution in [0.15, 0.2) is 115 Å². The Kier molecular flexibility index (Phi) is 29.8. The molecule has 7 aromatic carbocycles. The molecule has 133 heavy (non-hydrogen) atoms. The van der Waals surface area contributed by atoms with E-state index in [1.165, 1.54) is 18.2 Å². The second kappa shape index (κ2) is 41.0. The maximum atomic E-state index is 17.0. The average molecular weight is 1890 g/mol. The predicted octanol–water partition coefficient (Wildman–Crippen LogP) is 1.59. The van der Waals surface area contributed by atoms with Crippen LogP contribution in [0, 0.1) is 5.92 Å². The number of hydrogen-bond donors (Lipinski definition) is 23. The van der Waals surface area contributed by atoms with Gasteiger partial charge in [-0.05, 0) is 125 Å². The average Bonchev–Trinajstić information content (AvgIpc) is 0.763. The number of ether oxygens (including phenoxy) is 9. The quantitative estimate of drug-likeness (QED) is 0.0380. The van der Waals surface area contributed by atoms with Crippen molar-refractivity contribution in [3.8, 4) is 80.1 Å². The Hall–Kier alpha value is -12.3. The zero-order valence-corrected chi connectivity index (χ0v) is 72.3. The summed E-state index contributed by atoms with van der Waals surface area (Å²) in [5.41, 5.74) is -4.41. The highest BCUT2D eigenvalue weighted by molar-refractivity contribution is 6.43. The number of carboxylic acids is 1. The number of fused-ring (bicyclic) bond motifs is 14. The van der Waals surface area contributed by atoms with Gasteiger partial charge >= 0.3 is 5.97 Å². The third-order valence-electron chi connectivity index (χ3n) is 23.8. The molecule has 0 radical (unpaired) electrons. The zero-order valence-electron chi connectivity index (χ0n) is 70.7. The summed E-state index contributed by atoms with van der Waals surface area (Å²) in [6.07, 6.45) is -25.2. The summed E-state index contributed by atoms with van der Waals surface area (Å²) in [5.74, 6) is -21.5. The molecule has 9 aliphatic heterocycles. The Morgan fingerprint density at radius 2 is 1.08 bits per heavy atom. The molecule has 23 N–H and O–H groups in total. The van der Waals surface area contributed by atoms with Crippen molar-refractivity contribution >= 4 is 82.2 Å². The second-order valence-electron chi connectivity index (χ2n) is 33.1. The van der Waals surface area contributed by atoms with Gasteiger partial charge < -0.3 is 162 Å². The normalized spacial score (nSPS) is 28.4. The van der Waals surface area contributed by atoms with Crippen LogP contribution in [0.5, 0.6) is 69.0 Å². The molecule has 42 nitrogen and oxygen atoms in total. The number of rotatable bonds is 20. The monoisotopic (exact) mass is 1890 g/mol. The molecule has 8 amide bonds. The number of Topliss-reactive ketones (excluding diaryl/α,β-unsaturated/α-hetero) is 1. The van der Waals surface area contributed by atoms with E-state index < -0.39 is 327 Å². The van der Waals surface area contributed by atoms with Crippen LogP contribution in [0.1, 0.15) is 140 Å². The molecule has 16 rings (SSSR count). The van der Waals surface area contributed by atoms with Gasteiger partial charge in [0, 0.05) is 54.2 Å². The molecular formula is C89H96Cl2N8O34. The number of carboxylic acid groups (broad SMARTS) is 1. The highest BCUT2D eigenvalue weighted by Crippen LogP contribution is 2.51. The maximum absolute atomic E-state index is 17.0.